The van der Waals surface area contributed by atoms with Gasteiger partial charge in [-0.05, 0) is 30.4 Å². The highest BCUT2D eigenvalue weighted by atomic mass is 35.5. The minimum atomic E-state index is -0.485. The first-order valence-electron chi connectivity index (χ1n) is 9.36. The first-order valence-corrected chi connectivity index (χ1v) is 10.1. The summed E-state index contributed by atoms with van der Waals surface area (Å²) in [7, 11) is 0. The van der Waals surface area contributed by atoms with Crippen LogP contribution in [0.15, 0.2) is 86.4 Å². The number of allylic oxidation sites excluding steroid dienone is 6. The Bertz CT molecular complexity index is 1110. The van der Waals surface area contributed by atoms with Crippen molar-refractivity contribution >= 4 is 23.2 Å². The maximum Gasteiger partial charge on any atom is 0.325 e. The van der Waals surface area contributed by atoms with Crippen LogP contribution in [0.2, 0.25) is 0 Å². The van der Waals surface area contributed by atoms with E-state index >= 15 is 0 Å². The van der Waals surface area contributed by atoms with Gasteiger partial charge >= 0.3 is 5.69 Å². The van der Waals surface area contributed by atoms with Gasteiger partial charge in [0.05, 0.1) is 0 Å². The number of rotatable bonds is 6. The molecule has 0 aliphatic heterocycles. The Balaban J connectivity index is 1.96. The lowest BCUT2D eigenvalue weighted by Crippen LogP contribution is -2.30. The Labute approximate surface area is 179 Å². The van der Waals surface area contributed by atoms with E-state index in [1.807, 2.05) is 30.3 Å². The summed E-state index contributed by atoms with van der Waals surface area (Å²) in [6.07, 6.45) is 6.17. The van der Waals surface area contributed by atoms with E-state index in [9.17, 15) is 9.59 Å². The van der Waals surface area contributed by atoms with Crippen LogP contribution in [0.25, 0.3) is 0 Å². The smallest absolute Gasteiger partial charge is 0.311 e. The lowest BCUT2D eigenvalue weighted by molar-refractivity contribution is 0.577. The van der Waals surface area contributed by atoms with Crippen LogP contribution in [-0.2, 0) is 6.42 Å². The zero-order valence-corrected chi connectivity index (χ0v) is 17.4. The van der Waals surface area contributed by atoms with Crippen LogP contribution in [0.1, 0.15) is 42.0 Å². The highest BCUT2D eigenvalue weighted by Gasteiger charge is 2.24. The molecule has 1 aliphatic carbocycles. The van der Waals surface area contributed by atoms with Crippen LogP contribution in [-0.4, -0.2) is 9.97 Å². The van der Waals surface area contributed by atoms with Crippen molar-refractivity contribution in [3.63, 3.8) is 0 Å². The Morgan fingerprint density at radius 2 is 1.90 bits per heavy atom. The van der Waals surface area contributed by atoms with Crippen LogP contribution >= 0.6 is 23.2 Å². The van der Waals surface area contributed by atoms with Crippen LogP contribution in [0, 0.1) is 0 Å². The molecular weight excluding hydrogens is 407 g/mol. The molecule has 150 valence electrons. The molecule has 0 spiro atoms. The van der Waals surface area contributed by atoms with E-state index in [1.165, 1.54) is 0 Å². The lowest BCUT2D eigenvalue weighted by Gasteiger charge is -2.25. The summed E-state index contributed by atoms with van der Waals surface area (Å²) >= 11 is 12.4. The molecule has 4 nitrogen and oxygen atoms in total. The fourth-order valence-electron chi connectivity index (χ4n) is 3.74. The molecule has 0 bridgehead atoms. The Morgan fingerprint density at radius 1 is 1.17 bits per heavy atom. The van der Waals surface area contributed by atoms with Crippen molar-refractivity contribution in [3.05, 3.63) is 115 Å². The summed E-state index contributed by atoms with van der Waals surface area (Å²) in [5.41, 5.74) is 3.18. The summed E-state index contributed by atoms with van der Waals surface area (Å²) in [6, 6.07) is 9.72. The molecule has 0 saturated carbocycles. The zero-order chi connectivity index (χ0) is 21.0. The van der Waals surface area contributed by atoms with E-state index < -0.39 is 5.69 Å². The maximum atomic E-state index is 12.5. The van der Waals surface area contributed by atoms with Crippen molar-refractivity contribution in [2.24, 2.45) is 0 Å². The van der Waals surface area contributed by atoms with E-state index in [-0.39, 0.29) is 11.5 Å². The second kappa shape index (κ2) is 9.29. The number of hydrogen-bond acceptors (Lipinski definition) is 2. The van der Waals surface area contributed by atoms with Gasteiger partial charge in [0.25, 0.3) is 5.56 Å². The Morgan fingerprint density at radius 3 is 2.48 bits per heavy atom. The van der Waals surface area contributed by atoms with Crippen molar-refractivity contribution in [2.45, 2.75) is 31.6 Å². The van der Waals surface area contributed by atoms with Crippen molar-refractivity contribution in [3.8, 4) is 0 Å². The molecule has 2 aromatic rings. The van der Waals surface area contributed by atoms with Gasteiger partial charge in [0.2, 0.25) is 0 Å². The molecule has 3 rings (SSSR count). The quantitative estimate of drug-likeness (QED) is 0.614. The van der Waals surface area contributed by atoms with E-state index in [1.54, 1.807) is 6.08 Å². The molecular formula is C23H22Cl2N2O2. The van der Waals surface area contributed by atoms with Gasteiger partial charge in [-0.2, -0.15) is 0 Å². The lowest BCUT2D eigenvalue weighted by atomic mass is 9.82. The Kier molecular flexibility index (Phi) is 6.78. The van der Waals surface area contributed by atoms with Gasteiger partial charge in [0, 0.05) is 39.2 Å². The van der Waals surface area contributed by atoms with Gasteiger partial charge in [-0.1, -0.05) is 78.8 Å². The fourth-order valence-corrected chi connectivity index (χ4v) is 4.24. The average Bonchev–Trinajstić information content (AvgIpc) is 2.71. The molecule has 1 unspecified atom stereocenters. The second-order valence-corrected chi connectivity index (χ2v) is 7.86. The molecule has 0 radical (unpaired) electrons. The van der Waals surface area contributed by atoms with Gasteiger partial charge in [-0.25, -0.2) is 4.79 Å². The molecule has 1 aromatic heterocycles. The molecule has 0 amide bonds. The normalized spacial score (nSPS) is 17.3. The number of H-pyrrole nitrogens is 2. The van der Waals surface area contributed by atoms with Crippen LogP contribution in [0.4, 0.5) is 0 Å². The molecule has 6 heteroatoms. The summed E-state index contributed by atoms with van der Waals surface area (Å²) in [5, 5.41) is 0.831. The minimum absolute atomic E-state index is 0.0276. The van der Waals surface area contributed by atoms with Crippen LogP contribution < -0.4 is 11.2 Å². The standard InChI is InChI=1S/C23H22Cl2N2O2/c1-3-19(25)20(14(2)24)16-9-11-17(12-10-16)21-18(22(28)27-23(29)26-21)13-15-7-5-4-6-8-15/h3-9,17H,1-2,10-13H2,(H2,26,27,28,29)/b20-19-. The summed E-state index contributed by atoms with van der Waals surface area (Å²) in [6.45, 7) is 7.50. The number of halogens is 2. The van der Waals surface area contributed by atoms with Gasteiger partial charge < -0.3 is 4.98 Å². The average molecular weight is 429 g/mol. The highest BCUT2D eigenvalue weighted by molar-refractivity contribution is 6.36. The largest absolute Gasteiger partial charge is 0.325 e. The van der Waals surface area contributed by atoms with E-state index in [0.717, 1.165) is 17.6 Å². The van der Waals surface area contributed by atoms with Gasteiger partial charge in [-0.15, -0.1) is 0 Å². The Hall–Kier alpha value is -2.56. The number of aromatic amines is 2. The molecule has 0 fully saturated rings. The van der Waals surface area contributed by atoms with Crippen LogP contribution in [0.3, 0.4) is 0 Å². The van der Waals surface area contributed by atoms with Gasteiger partial charge in [-0.3, -0.25) is 9.78 Å². The monoisotopic (exact) mass is 428 g/mol. The number of nitrogens with one attached hydrogen (secondary N) is 2. The summed E-state index contributed by atoms with van der Waals surface area (Å²) < 4.78 is 0. The molecule has 1 aliphatic rings. The first-order chi connectivity index (χ1) is 13.9. The summed E-state index contributed by atoms with van der Waals surface area (Å²) in [5.74, 6) is 0.0276. The summed E-state index contributed by atoms with van der Waals surface area (Å²) in [4.78, 5) is 29.7. The van der Waals surface area contributed by atoms with Crippen molar-refractivity contribution < 1.29 is 0 Å². The first kappa shape index (κ1) is 21.2. The maximum absolute atomic E-state index is 12.5. The van der Waals surface area contributed by atoms with Crippen LogP contribution in [0.5, 0.6) is 0 Å². The molecule has 1 heterocycles. The predicted molar refractivity (Wildman–Crippen MR) is 120 cm³/mol. The zero-order valence-electron chi connectivity index (χ0n) is 15.9. The highest BCUT2D eigenvalue weighted by Crippen LogP contribution is 2.38. The third kappa shape index (κ3) is 4.89. The SMILES string of the molecule is C=C/C(Cl)=C(\C(=C)Cl)C1=CCC(c2[nH]c(=O)[nH]c(=O)c2Cc2ccccc2)CC1. The molecule has 29 heavy (non-hydrogen) atoms. The van der Waals surface area contributed by atoms with Crippen molar-refractivity contribution in [2.75, 3.05) is 0 Å². The predicted octanol–water partition coefficient (Wildman–Crippen LogP) is 5.28. The van der Waals surface area contributed by atoms with E-state index in [2.05, 4.69) is 29.2 Å². The number of hydrogen-bond donors (Lipinski definition) is 2. The fraction of sp³-hybridized carbons (Fsp3) is 0.217. The van der Waals surface area contributed by atoms with Crippen molar-refractivity contribution in [1.29, 1.82) is 0 Å². The third-order valence-corrected chi connectivity index (χ3v) is 5.66. The molecule has 0 saturated heterocycles. The minimum Gasteiger partial charge on any atom is -0.311 e. The molecule has 1 atom stereocenters. The van der Waals surface area contributed by atoms with Gasteiger partial charge in [0.15, 0.2) is 0 Å². The number of benzene rings is 1. The molecule has 1 aromatic carbocycles. The number of aromatic nitrogens is 2. The third-order valence-electron chi connectivity index (χ3n) is 5.13. The topological polar surface area (TPSA) is 65.7 Å². The molecule has 2 N–H and O–H groups in total. The van der Waals surface area contributed by atoms with Crippen molar-refractivity contribution in [1.82, 2.24) is 9.97 Å². The van der Waals surface area contributed by atoms with E-state index in [4.69, 9.17) is 23.2 Å². The van der Waals surface area contributed by atoms with E-state index in [0.29, 0.717) is 46.2 Å². The van der Waals surface area contributed by atoms with Gasteiger partial charge in [0.1, 0.15) is 0 Å². The second-order valence-electron chi connectivity index (χ2n) is 7.00.